The van der Waals surface area contributed by atoms with E-state index in [1.807, 2.05) is 30.3 Å². The van der Waals surface area contributed by atoms with E-state index >= 15 is 0 Å². The van der Waals surface area contributed by atoms with Gasteiger partial charge in [0.05, 0.1) is 5.75 Å². The van der Waals surface area contributed by atoms with E-state index in [0.717, 1.165) is 5.76 Å². The number of rotatable bonds is 7. The smallest absolute Gasteiger partial charge is 0.266 e. The van der Waals surface area contributed by atoms with Crippen molar-refractivity contribution in [3.05, 3.63) is 47.1 Å². The van der Waals surface area contributed by atoms with E-state index in [1.165, 1.54) is 11.8 Å². The van der Waals surface area contributed by atoms with Crippen LogP contribution in [0, 0.1) is 4.84 Å². The van der Waals surface area contributed by atoms with Crippen LogP contribution < -0.4 is 4.74 Å². The van der Waals surface area contributed by atoms with Crippen molar-refractivity contribution in [1.29, 1.82) is 0 Å². The second-order valence-electron chi connectivity index (χ2n) is 3.88. The van der Waals surface area contributed by atoms with Gasteiger partial charge >= 0.3 is 0 Å². The number of halogens is 1. The Hall–Kier alpha value is -1.27. The van der Waals surface area contributed by atoms with Crippen LogP contribution in [-0.4, -0.2) is 23.5 Å². The lowest BCUT2D eigenvalue weighted by Crippen LogP contribution is -2.15. The normalized spacial score (nSPS) is 12.3. The molecule has 1 atom stereocenters. The summed E-state index contributed by atoms with van der Waals surface area (Å²) in [6, 6.07) is 9.23. The average molecular weight is 299 g/mol. The first-order valence-electron chi connectivity index (χ1n) is 5.81. The van der Waals surface area contributed by atoms with Gasteiger partial charge in [-0.15, -0.1) is 0 Å². The molecule has 0 amide bonds. The molecule has 6 heteroatoms. The van der Waals surface area contributed by atoms with Crippen LogP contribution in [0.1, 0.15) is 5.76 Å². The van der Waals surface area contributed by atoms with Gasteiger partial charge in [-0.25, -0.2) is 4.39 Å². The zero-order valence-electron chi connectivity index (χ0n) is 10.2. The Morgan fingerprint density at radius 3 is 2.84 bits per heavy atom. The maximum Gasteiger partial charge on any atom is 0.266 e. The maximum absolute atomic E-state index is 13.6. The molecule has 0 aliphatic heterocycles. The Morgan fingerprint density at radius 1 is 1.37 bits per heavy atom. The number of alkyl halides is 1. The Kier molecular flexibility index (Phi) is 5.47. The molecule has 19 heavy (non-hydrogen) atoms. The van der Waals surface area contributed by atoms with E-state index < -0.39 is 6.17 Å². The molecule has 0 aliphatic rings. The quantitative estimate of drug-likeness (QED) is 0.785. The second kappa shape index (κ2) is 7.35. The minimum Gasteiger partial charge on any atom is -0.491 e. The van der Waals surface area contributed by atoms with E-state index in [9.17, 15) is 4.39 Å². The first kappa shape index (κ1) is 14.1. The number of aromatic nitrogens is 1. The number of nitrogens with one attached hydrogen (secondary N) is 1. The summed E-state index contributed by atoms with van der Waals surface area (Å²) < 4.78 is 24.1. The highest BCUT2D eigenvalue weighted by Gasteiger charge is 2.08. The highest BCUT2D eigenvalue weighted by atomic mass is 32.2. The van der Waals surface area contributed by atoms with Crippen molar-refractivity contribution in [2.45, 2.75) is 11.9 Å². The highest BCUT2D eigenvalue weighted by molar-refractivity contribution is 7.98. The molecule has 1 unspecified atom stereocenters. The van der Waals surface area contributed by atoms with Crippen molar-refractivity contribution in [1.82, 2.24) is 4.98 Å². The molecule has 0 saturated carbocycles. The number of hydrogen-bond acceptors (Lipinski definition) is 4. The molecular weight excluding hydrogens is 285 g/mol. The lowest BCUT2D eigenvalue weighted by molar-refractivity contribution is 0.213. The van der Waals surface area contributed by atoms with Crippen LogP contribution in [0.15, 0.2) is 40.9 Å². The Labute approximate surface area is 120 Å². The third-order valence-corrected chi connectivity index (χ3v) is 3.58. The van der Waals surface area contributed by atoms with Crippen molar-refractivity contribution in [3.8, 4) is 5.75 Å². The van der Waals surface area contributed by atoms with Gasteiger partial charge in [0.15, 0.2) is 0 Å². The number of H-pyrrole nitrogens is 1. The molecule has 1 heterocycles. The van der Waals surface area contributed by atoms with Crippen molar-refractivity contribution < 1.29 is 13.5 Å². The summed E-state index contributed by atoms with van der Waals surface area (Å²) in [6.45, 7) is 0.0631. The van der Waals surface area contributed by atoms with E-state index in [2.05, 4.69) is 4.98 Å². The molecule has 2 rings (SSSR count). The molecule has 0 bridgehead atoms. The van der Waals surface area contributed by atoms with Crippen LogP contribution >= 0.6 is 24.0 Å². The Morgan fingerprint density at radius 2 is 2.16 bits per heavy atom. The van der Waals surface area contributed by atoms with Crippen LogP contribution in [0.4, 0.5) is 4.39 Å². The number of ether oxygens (including phenoxy) is 1. The third kappa shape index (κ3) is 5.08. The molecule has 102 valence electrons. The predicted molar refractivity (Wildman–Crippen MR) is 76.9 cm³/mol. The minimum absolute atomic E-state index is 0.0631. The van der Waals surface area contributed by atoms with Gasteiger partial charge in [-0.3, -0.25) is 0 Å². The molecule has 1 N–H and O–H groups in total. The average Bonchev–Trinajstić information content (AvgIpc) is 2.83. The van der Waals surface area contributed by atoms with Crippen molar-refractivity contribution in [2.24, 2.45) is 0 Å². The van der Waals surface area contributed by atoms with Crippen LogP contribution in [-0.2, 0) is 5.75 Å². The summed E-state index contributed by atoms with van der Waals surface area (Å²) in [5.41, 5.74) is 0. The van der Waals surface area contributed by atoms with Crippen LogP contribution in [0.5, 0.6) is 5.75 Å². The standard InChI is InChI=1S/C13H14FNO2S2/c14-10(7-16-11-4-2-1-3-5-11)8-19-9-12-6-15-13(18)17-12/h1-6,10H,7-9H2,(H,15,18). The van der Waals surface area contributed by atoms with Gasteiger partial charge in [0.1, 0.15) is 24.3 Å². The first-order valence-corrected chi connectivity index (χ1v) is 7.37. The van der Waals surface area contributed by atoms with Gasteiger partial charge in [0, 0.05) is 11.9 Å². The number of aromatic amines is 1. The largest absolute Gasteiger partial charge is 0.491 e. The van der Waals surface area contributed by atoms with Crippen molar-refractivity contribution in [2.75, 3.05) is 12.4 Å². The molecule has 3 nitrogen and oxygen atoms in total. The van der Waals surface area contributed by atoms with Gasteiger partial charge in [-0.05, 0) is 24.4 Å². The minimum atomic E-state index is -1.01. The van der Waals surface area contributed by atoms with Gasteiger partial charge in [0.25, 0.3) is 4.84 Å². The fourth-order valence-electron chi connectivity index (χ4n) is 1.43. The van der Waals surface area contributed by atoms with E-state index in [-0.39, 0.29) is 6.61 Å². The molecule has 0 spiro atoms. The van der Waals surface area contributed by atoms with Gasteiger partial charge in [-0.1, -0.05) is 18.2 Å². The van der Waals surface area contributed by atoms with Crippen LogP contribution in [0.3, 0.4) is 0 Å². The number of oxazole rings is 1. The molecule has 0 fully saturated rings. The summed E-state index contributed by atoms with van der Waals surface area (Å²) in [6.07, 6.45) is 0.690. The van der Waals surface area contributed by atoms with E-state index in [0.29, 0.717) is 22.1 Å². The first-order chi connectivity index (χ1) is 9.24. The van der Waals surface area contributed by atoms with Crippen LogP contribution in [0.2, 0.25) is 0 Å². The SMILES string of the molecule is FC(COc1ccccc1)CSCc1c[nH]c(=S)o1. The van der Waals surface area contributed by atoms with Gasteiger partial charge < -0.3 is 14.1 Å². The zero-order valence-corrected chi connectivity index (χ0v) is 11.8. The lowest BCUT2D eigenvalue weighted by Gasteiger charge is -2.09. The summed E-state index contributed by atoms with van der Waals surface area (Å²) in [5.74, 6) is 2.37. The summed E-state index contributed by atoms with van der Waals surface area (Å²) in [5, 5.41) is 0. The van der Waals surface area contributed by atoms with E-state index in [1.54, 1.807) is 6.20 Å². The molecule has 0 aliphatic carbocycles. The monoisotopic (exact) mass is 299 g/mol. The number of hydrogen-bond donors (Lipinski definition) is 1. The number of thioether (sulfide) groups is 1. The summed E-state index contributed by atoms with van der Waals surface area (Å²) >= 11 is 6.25. The number of para-hydroxylation sites is 1. The second-order valence-corrected chi connectivity index (χ2v) is 5.28. The fourth-order valence-corrected chi connectivity index (χ4v) is 2.41. The third-order valence-electron chi connectivity index (χ3n) is 2.29. The Bertz CT molecular complexity index is 541. The van der Waals surface area contributed by atoms with Crippen molar-refractivity contribution >= 4 is 24.0 Å². The Balaban J connectivity index is 1.64. The molecule has 1 aromatic carbocycles. The van der Waals surface area contributed by atoms with Gasteiger partial charge in [0.2, 0.25) is 0 Å². The zero-order chi connectivity index (χ0) is 13.5. The fraction of sp³-hybridized carbons (Fsp3) is 0.308. The topological polar surface area (TPSA) is 38.2 Å². The number of benzene rings is 1. The molecule has 2 aromatic rings. The molecule has 0 saturated heterocycles. The summed E-state index contributed by atoms with van der Waals surface area (Å²) in [7, 11) is 0. The lowest BCUT2D eigenvalue weighted by atomic mass is 10.3. The predicted octanol–water partition coefficient (Wildman–Crippen LogP) is 3.99. The van der Waals surface area contributed by atoms with Crippen molar-refractivity contribution in [3.63, 3.8) is 0 Å². The molecular formula is C13H14FNO2S2. The molecule has 1 aromatic heterocycles. The molecule has 0 radical (unpaired) electrons. The van der Waals surface area contributed by atoms with E-state index in [4.69, 9.17) is 21.4 Å². The summed E-state index contributed by atoms with van der Waals surface area (Å²) in [4.78, 5) is 3.12. The van der Waals surface area contributed by atoms with Gasteiger partial charge in [-0.2, -0.15) is 11.8 Å². The van der Waals surface area contributed by atoms with Crippen LogP contribution in [0.25, 0.3) is 0 Å². The maximum atomic E-state index is 13.6. The highest BCUT2D eigenvalue weighted by Crippen LogP contribution is 2.15.